The summed E-state index contributed by atoms with van der Waals surface area (Å²) >= 11 is 0. The summed E-state index contributed by atoms with van der Waals surface area (Å²) in [6, 6.07) is 3.11. The first kappa shape index (κ1) is 15.0. The molecule has 1 rings (SSSR count). The van der Waals surface area contributed by atoms with Crippen LogP contribution in [0.4, 0.5) is 13.2 Å². The molecule has 0 fully saturated rings. The average Bonchev–Trinajstić information content (AvgIpc) is 2.26. The van der Waals surface area contributed by atoms with E-state index in [9.17, 15) is 22.8 Å². The minimum Gasteiger partial charge on any atom is -0.480 e. The van der Waals surface area contributed by atoms with Gasteiger partial charge in [-0.3, -0.25) is 4.79 Å². The van der Waals surface area contributed by atoms with E-state index in [1.807, 2.05) is 0 Å². The van der Waals surface area contributed by atoms with Gasteiger partial charge in [0, 0.05) is 13.3 Å². The molecule has 4 nitrogen and oxygen atoms in total. The van der Waals surface area contributed by atoms with Gasteiger partial charge in [-0.25, -0.2) is 4.79 Å². The Balaban J connectivity index is 2.91. The van der Waals surface area contributed by atoms with Crippen molar-refractivity contribution < 1.29 is 27.9 Å². The van der Waals surface area contributed by atoms with Gasteiger partial charge < -0.3 is 10.4 Å². The molecule has 0 bridgehead atoms. The standard InChI is InChI=1S/C12H12F3NO3/c1-7(17)16-10(11(18)19)6-8-3-2-4-9(5-8)12(13,14)15/h2-5,10H,6H2,1H3,(H,16,17)(H,18,19)/t10-/m0/s1. The minimum atomic E-state index is -4.48. The van der Waals surface area contributed by atoms with Crippen molar-refractivity contribution >= 4 is 11.9 Å². The zero-order chi connectivity index (χ0) is 14.6. The predicted molar refractivity (Wildman–Crippen MR) is 60.4 cm³/mol. The van der Waals surface area contributed by atoms with E-state index < -0.39 is 29.7 Å². The van der Waals surface area contributed by atoms with E-state index in [0.717, 1.165) is 19.1 Å². The Labute approximate surface area is 107 Å². The summed E-state index contributed by atoms with van der Waals surface area (Å²) in [6.45, 7) is 1.14. The molecule has 104 valence electrons. The van der Waals surface area contributed by atoms with Crippen molar-refractivity contribution in [2.75, 3.05) is 0 Å². The summed E-state index contributed by atoms with van der Waals surface area (Å²) in [6.07, 6.45) is -4.69. The van der Waals surface area contributed by atoms with Crippen LogP contribution in [0.2, 0.25) is 0 Å². The molecule has 19 heavy (non-hydrogen) atoms. The Kier molecular flexibility index (Phi) is 4.52. The van der Waals surface area contributed by atoms with Crippen molar-refractivity contribution in [2.45, 2.75) is 25.6 Å². The molecule has 0 aromatic heterocycles. The van der Waals surface area contributed by atoms with E-state index >= 15 is 0 Å². The maximum absolute atomic E-state index is 12.5. The van der Waals surface area contributed by atoms with Gasteiger partial charge in [0.1, 0.15) is 6.04 Å². The molecular weight excluding hydrogens is 263 g/mol. The van der Waals surface area contributed by atoms with E-state index in [0.29, 0.717) is 0 Å². The molecule has 0 saturated heterocycles. The highest BCUT2D eigenvalue weighted by molar-refractivity contribution is 5.82. The molecule has 0 radical (unpaired) electrons. The van der Waals surface area contributed by atoms with Crippen LogP contribution in [0.25, 0.3) is 0 Å². The van der Waals surface area contributed by atoms with Crippen LogP contribution in [-0.4, -0.2) is 23.0 Å². The lowest BCUT2D eigenvalue weighted by Crippen LogP contribution is -2.41. The molecule has 0 spiro atoms. The first-order valence-corrected chi connectivity index (χ1v) is 5.36. The normalized spacial score (nSPS) is 12.8. The van der Waals surface area contributed by atoms with Gasteiger partial charge in [-0.15, -0.1) is 0 Å². The summed E-state index contributed by atoms with van der Waals surface area (Å²) in [5.41, 5.74) is -0.659. The molecule has 0 aliphatic rings. The number of hydrogen-bond acceptors (Lipinski definition) is 2. The zero-order valence-electron chi connectivity index (χ0n) is 9.99. The molecule has 0 heterocycles. The van der Waals surface area contributed by atoms with Gasteiger partial charge in [0.15, 0.2) is 0 Å². The maximum Gasteiger partial charge on any atom is 0.416 e. The highest BCUT2D eigenvalue weighted by atomic mass is 19.4. The SMILES string of the molecule is CC(=O)N[C@@H](Cc1cccc(C(F)(F)F)c1)C(=O)O. The fourth-order valence-corrected chi connectivity index (χ4v) is 1.56. The fourth-order valence-electron chi connectivity index (χ4n) is 1.56. The molecule has 1 amide bonds. The summed E-state index contributed by atoms with van der Waals surface area (Å²) in [5.74, 6) is -1.85. The second-order valence-electron chi connectivity index (χ2n) is 3.99. The molecule has 0 aliphatic carbocycles. The number of carbonyl (C=O) groups excluding carboxylic acids is 1. The molecule has 2 N–H and O–H groups in total. The molecule has 1 aromatic rings. The van der Waals surface area contributed by atoms with Gasteiger partial charge in [-0.05, 0) is 11.6 Å². The molecule has 1 atom stereocenters. The van der Waals surface area contributed by atoms with Crippen LogP contribution in [0.1, 0.15) is 18.1 Å². The van der Waals surface area contributed by atoms with Crippen molar-refractivity contribution in [3.05, 3.63) is 35.4 Å². The summed E-state index contributed by atoms with van der Waals surface area (Å²) in [7, 11) is 0. The summed E-state index contributed by atoms with van der Waals surface area (Å²) in [5, 5.41) is 11.0. The van der Waals surface area contributed by atoms with Crippen molar-refractivity contribution in [2.24, 2.45) is 0 Å². The van der Waals surface area contributed by atoms with Gasteiger partial charge in [-0.2, -0.15) is 13.2 Å². The number of hydrogen-bond donors (Lipinski definition) is 2. The third-order valence-electron chi connectivity index (χ3n) is 2.37. The van der Waals surface area contributed by atoms with E-state index in [-0.39, 0.29) is 12.0 Å². The number of nitrogens with one attached hydrogen (secondary N) is 1. The van der Waals surface area contributed by atoms with Crippen LogP contribution in [0.15, 0.2) is 24.3 Å². The molecule has 0 aliphatic heterocycles. The highest BCUT2D eigenvalue weighted by Crippen LogP contribution is 2.29. The second kappa shape index (κ2) is 5.73. The number of carboxylic acids is 1. The summed E-state index contributed by atoms with van der Waals surface area (Å²) in [4.78, 5) is 21.7. The molecule has 0 unspecified atom stereocenters. The number of benzene rings is 1. The van der Waals surface area contributed by atoms with Crippen molar-refractivity contribution in [1.82, 2.24) is 5.32 Å². The lowest BCUT2D eigenvalue weighted by Gasteiger charge is -2.14. The Morgan fingerprint density at radius 2 is 2.00 bits per heavy atom. The van der Waals surface area contributed by atoms with Crippen LogP contribution in [0.3, 0.4) is 0 Å². The number of aliphatic carboxylic acids is 1. The molecule has 0 saturated carbocycles. The first-order valence-electron chi connectivity index (χ1n) is 5.36. The smallest absolute Gasteiger partial charge is 0.416 e. The first-order chi connectivity index (χ1) is 8.70. The van der Waals surface area contributed by atoms with Crippen LogP contribution < -0.4 is 5.32 Å². The van der Waals surface area contributed by atoms with Crippen LogP contribution >= 0.6 is 0 Å². The van der Waals surface area contributed by atoms with E-state index in [4.69, 9.17) is 5.11 Å². The van der Waals surface area contributed by atoms with Gasteiger partial charge in [0.05, 0.1) is 5.56 Å². The number of amides is 1. The number of rotatable bonds is 4. The number of halogens is 3. The Bertz CT molecular complexity index is 485. The number of carboxylic acid groups (broad SMARTS) is 1. The minimum absolute atomic E-state index is 0.191. The Morgan fingerprint density at radius 3 is 2.47 bits per heavy atom. The van der Waals surface area contributed by atoms with Gasteiger partial charge in [0.2, 0.25) is 5.91 Å². The quantitative estimate of drug-likeness (QED) is 0.881. The monoisotopic (exact) mass is 275 g/mol. The van der Waals surface area contributed by atoms with Crippen molar-refractivity contribution in [3.8, 4) is 0 Å². The lowest BCUT2D eigenvalue weighted by molar-refractivity contribution is -0.141. The molecule has 7 heteroatoms. The lowest BCUT2D eigenvalue weighted by atomic mass is 10.0. The number of alkyl halides is 3. The average molecular weight is 275 g/mol. The number of carbonyl (C=O) groups is 2. The Morgan fingerprint density at radius 1 is 1.37 bits per heavy atom. The summed E-state index contributed by atoms with van der Waals surface area (Å²) < 4.78 is 37.5. The van der Waals surface area contributed by atoms with Gasteiger partial charge in [0.25, 0.3) is 0 Å². The zero-order valence-corrected chi connectivity index (χ0v) is 9.99. The maximum atomic E-state index is 12.5. The van der Waals surface area contributed by atoms with E-state index in [2.05, 4.69) is 5.32 Å². The van der Waals surface area contributed by atoms with E-state index in [1.54, 1.807) is 0 Å². The van der Waals surface area contributed by atoms with Crippen LogP contribution in [-0.2, 0) is 22.2 Å². The van der Waals surface area contributed by atoms with Crippen LogP contribution in [0.5, 0.6) is 0 Å². The Hall–Kier alpha value is -2.05. The fraction of sp³-hybridized carbons (Fsp3) is 0.333. The van der Waals surface area contributed by atoms with E-state index in [1.165, 1.54) is 12.1 Å². The third kappa shape index (κ3) is 4.61. The van der Waals surface area contributed by atoms with Crippen molar-refractivity contribution in [1.29, 1.82) is 0 Å². The topological polar surface area (TPSA) is 66.4 Å². The van der Waals surface area contributed by atoms with Crippen LogP contribution in [0, 0.1) is 0 Å². The highest BCUT2D eigenvalue weighted by Gasteiger charge is 2.30. The van der Waals surface area contributed by atoms with Gasteiger partial charge in [-0.1, -0.05) is 18.2 Å². The molecule has 1 aromatic carbocycles. The predicted octanol–water partition coefficient (Wildman–Crippen LogP) is 1.84. The van der Waals surface area contributed by atoms with Crippen molar-refractivity contribution in [3.63, 3.8) is 0 Å². The largest absolute Gasteiger partial charge is 0.480 e. The van der Waals surface area contributed by atoms with Gasteiger partial charge >= 0.3 is 12.1 Å². The second-order valence-corrected chi connectivity index (χ2v) is 3.99. The molecular formula is C12H12F3NO3. The third-order valence-corrected chi connectivity index (χ3v) is 2.37.